The summed E-state index contributed by atoms with van der Waals surface area (Å²) in [6, 6.07) is 17.2. The van der Waals surface area contributed by atoms with Crippen LogP contribution in [0.3, 0.4) is 0 Å². The highest BCUT2D eigenvalue weighted by Crippen LogP contribution is 2.26. The quantitative estimate of drug-likeness (QED) is 0.547. The molecule has 0 unspecified atom stereocenters. The van der Waals surface area contributed by atoms with E-state index < -0.39 is 17.5 Å². The van der Waals surface area contributed by atoms with Gasteiger partial charge >= 0.3 is 0 Å². The molecule has 0 aliphatic carbocycles. The fourth-order valence-corrected chi connectivity index (χ4v) is 2.87. The maximum absolute atomic E-state index is 14.0. The van der Waals surface area contributed by atoms with Crippen LogP contribution in [0.25, 0.3) is 22.3 Å². The van der Waals surface area contributed by atoms with Gasteiger partial charge in [0.05, 0.1) is 16.5 Å². The van der Waals surface area contributed by atoms with Crippen molar-refractivity contribution in [2.45, 2.75) is 0 Å². The van der Waals surface area contributed by atoms with Gasteiger partial charge in [-0.15, -0.1) is 0 Å². The fourth-order valence-electron chi connectivity index (χ4n) is 2.87. The summed E-state index contributed by atoms with van der Waals surface area (Å²) in [5.74, 6) is -1.67. The highest BCUT2D eigenvalue weighted by molar-refractivity contribution is 6.05. The van der Waals surface area contributed by atoms with Crippen molar-refractivity contribution in [2.75, 3.05) is 5.32 Å². The molecule has 138 valence electrons. The topological polar surface area (TPSA) is 59.3 Å². The smallest absolute Gasteiger partial charge is 0.258 e. The molecule has 1 N–H and O–H groups in total. The van der Waals surface area contributed by atoms with E-state index in [-0.39, 0.29) is 33.3 Å². The molecule has 6 heteroatoms. The van der Waals surface area contributed by atoms with Gasteiger partial charge in [-0.25, -0.2) is 8.78 Å². The number of hydrogen-bond acceptors (Lipinski definition) is 3. The van der Waals surface area contributed by atoms with E-state index in [2.05, 4.69) is 5.32 Å². The SMILES string of the molecule is O=C(Nc1ccc2oc(-c3ccccc3F)cc(=O)c2c1)c1ccccc1F. The summed E-state index contributed by atoms with van der Waals surface area (Å²) in [7, 11) is 0. The van der Waals surface area contributed by atoms with Gasteiger partial charge in [0.1, 0.15) is 23.0 Å². The summed E-state index contributed by atoms with van der Waals surface area (Å²) >= 11 is 0. The second kappa shape index (κ2) is 7.08. The van der Waals surface area contributed by atoms with E-state index in [1.165, 1.54) is 54.6 Å². The molecule has 1 amide bonds. The molecule has 0 aliphatic rings. The standard InChI is InChI=1S/C22H13F2NO3/c23-17-7-3-1-5-14(17)21-12-19(26)16-11-13(9-10-20(16)28-21)25-22(27)15-6-2-4-8-18(15)24/h1-12H,(H,25,27). The fraction of sp³-hybridized carbons (Fsp3) is 0. The molecule has 0 saturated heterocycles. The summed E-state index contributed by atoms with van der Waals surface area (Å²) in [6.07, 6.45) is 0. The molecule has 0 radical (unpaired) electrons. The Morgan fingerprint density at radius 1 is 0.857 bits per heavy atom. The number of rotatable bonds is 3. The first-order valence-electron chi connectivity index (χ1n) is 8.41. The van der Waals surface area contributed by atoms with Gasteiger partial charge in [-0.05, 0) is 42.5 Å². The third kappa shape index (κ3) is 3.27. The van der Waals surface area contributed by atoms with Crippen molar-refractivity contribution in [2.24, 2.45) is 0 Å². The van der Waals surface area contributed by atoms with E-state index in [4.69, 9.17) is 4.42 Å². The number of amides is 1. The number of hydrogen-bond donors (Lipinski definition) is 1. The Morgan fingerprint density at radius 2 is 1.57 bits per heavy atom. The lowest BCUT2D eigenvalue weighted by atomic mass is 10.1. The molecule has 0 fully saturated rings. The lowest BCUT2D eigenvalue weighted by Gasteiger charge is -2.08. The molecule has 28 heavy (non-hydrogen) atoms. The monoisotopic (exact) mass is 377 g/mol. The minimum atomic E-state index is -0.644. The summed E-state index contributed by atoms with van der Waals surface area (Å²) in [5.41, 5.74) is 0.241. The molecule has 1 heterocycles. The second-order valence-corrected chi connectivity index (χ2v) is 6.10. The predicted molar refractivity (Wildman–Crippen MR) is 102 cm³/mol. The van der Waals surface area contributed by atoms with Gasteiger partial charge in [0.15, 0.2) is 5.43 Å². The van der Waals surface area contributed by atoms with Crippen molar-refractivity contribution in [3.63, 3.8) is 0 Å². The van der Waals surface area contributed by atoms with Crippen LogP contribution in [-0.2, 0) is 0 Å². The predicted octanol–water partition coefficient (Wildman–Crippen LogP) is 4.99. The number of benzene rings is 3. The molecular formula is C22H13F2NO3. The molecule has 0 aliphatic heterocycles. The maximum Gasteiger partial charge on any atom is 0.258 e. The van der Waals surface area contributed by atoms with Crippen molar-refractivity contribution in [1.82, 2.24) is 0 Å². The van der Waals surface area contributed by atoms with Crippen LogP contribution in [0.1, 0.15) is 10.4 Å². The molecule has 4 nitrogen and oxygen atoms in total. The molecule has 0 bridgehead atoms. The maximum atomic E-state index is 14.0. The first kappa shape index (κ1) is 17.6. The summed E-state index contributed by atoms with van der Waals surface area (Å²) < 4.78 is 33.4. The van der Waals surface area contributed by atoms with Crippen molar-refractivity contribution in [3.8, 4) is 11.3 Å². The van der Waals surface area contributed by atoms with Crippen LogP contribution in [0.4, 0.5) is 14.5 Å². The van der Waals surface area contributed by atoms with Gasteiger partial charge < -0.3 is 9.73 Å². The molecule has 0 saturated carbocycles. The summed E-state index contributed by atoms with van der Waals surface area (Å²) in [4.78, 5) is 24.7. The van der Waals surface area contributed by atoms with Crippen LogP contribution in [0, 0.1) is 11.6 Å². The summed E-state index contributed by atoms with van der Waals surface area (Å²) in [6.45, 7) is 0. The van der Waals surface area contributed by atoms with Crippen molar-refractivity contribution < 1.29 is 18.0 Å². The van der Waals surface area contributed by atoms with E-state index in [9.17, 15) is 18.4 Å². The van der Waals surface area contributed by atoms with Crippen LogP contribution < -0.4 is 10.7 Å². The lowest BCUT2D eigenvalue weighted by Crippen LogP contribution is -2.14. The number of halogens is 2. The largest absolute Gasteiger partial charge is 0.456 e. The number of carbonyl (C=O) groups excluding carboxylic acids is 1. The van der Waals surface area contributed by atoms with Crippen LogP contribution in [0.15, 0.2) is 82.0 Å². The normalized spacial score (nSPS) is 10.8. The Morgan fingerprint density at radius 3 is 2.32 bits per heavy atom. The van der Waals surface area contributed by atoms with Crippen molar-refractivity contribution >= 4 is 22.6 Å². The van der Waals surface area contributed by atoms with E-state index in [1.54, 1.807) is 18.2 Å². The van der Waals surface area contributed by atoms with E-state index in [1.807, 2.05) is 0 Å². The highest BCUT2D eigenvalue weighted by Gasteiger charge is 2.14. The van der Waals surface area contributed by atoms with Crippen LogP contribution >= 0.6 is 0 Å². The Kier molecular flexibility index (Phi) is 4.45. The summed E-state index contributed by atoms with van der Waals surface area (Å²) in [5, 5.41) is 2.77. The number of anilines is 1. The molecule has 4 rings (SSSR count). The Labute approximate surface area is 158 Å². The van der Waals surface area contributed by atoms with Crippen LogP contribution in [0.2, 0.25) is 0 Å². The van der Waals surface area contributed by atoms with Gasteiger partial charge in [-0.1, -0.05) is 24.3 Å². The van der Waals surface area contributed by atoms with Gasteiger partial charge in [0.2, 0.25) is 0 Å². The number of carbonyl (C=O) groups is 1. The van der Waals surface area contributed by atoms with Crippen molar-refractivity contribution in [1.29, 1.82) is 0 Å². The van der Waals surface area contributed by atoms with Crippen LogP contribution in [0.5, 0.6) is 0 Å². The molecule has 4 aromatic rings. The number of fused-ring (bicyclic) bond motifs is 1. The van der Waals surface area contributed by atoms with E-state index in [0.29, 0.717) is 5.69 Å². The zero-order valence-corrected chi connectivity index (χ0v) is 14.4. The van der Waals surface area contributed by atoms with E-state index >= 15 is 0 Å². The van der Waals surface area contributed by atoms with Crippen LogP contribution in [-0.4, -0.2) is 5.91 Å². The average Bonchev–Trinajstić information content (AvgIpc) is 2.69. The van der Waals surface area contributed by atoms with Gasteiger partial charge in [-0.2, -0.15) is 0 Å². The first-order valence-corrected chi connectivity index (χ1v) is 8.41. The Hall–Kier alpha value is -3.80. The Bertz CT molecular complexity index is 1260. The lowest BCUT2D eigenvalue weighted by molar-refractivity contribution is 0.102. The van der Waals surface area contributed by atoms with Gasteiger partial charge in [0, 0.05) is 11.8 Å². The van der Waals surface area contributed by atoms with Gasteiger partial charge in [0.25, 0.3) is 5.91 Å². The minimum Gasteiger partial charge on any atom is -0.456 e. The molecular weight excluding hydrogens is 364 g/mol. The van der Waals surface area contributed by atoms with Crippen molar-refractivity contribution in [3.05, 3.63) is 100 Å². The second-order valence-electron chi connectivity index (χ2n) is 6.10. The van der Waals surface area contributed by atoms with E-state index in [0.717, 1.165) is 0 Å². The highest BCUT2D eigenvalue weighted by atomic mass is 19.1. The first-order chi connectivity index (χ1) is 13.5. The molecule has 0 spiro atoms. The average molecular weight is 377 g/mol. The zero-order chi connectivity index (χ0) is 19.7. The zero-order valence-electron chi connectivity index (χ0n) is 14.4. The molecule has 1 aromatic heterocycles. The molecule has 0 atom stereocenters. The number of nitrogens with one attached hydrogen (secondary N) is 1. The Balaban J connectivity index is 1.70. The van der Waals surface area contributed by atoms with Gasteiger partial charge in [-0.3, -0.25) is 9.59 Å². The molecule has 3 aromatic carbocycles. The minimum absolute atomic E-state index is 0.107. The third-order valence-corrected chi connectivity index (χ3v) is 4.24. The third-order valence-electron chi connectivity index (χ3n) is 4.24.